The molecule has 2 atom stereocenters. The van der Waals surface area contributed by atoms with Gasteiger partial charge in [-0.05, 0) is 36.7 Å². The monoisotopic (exact) mass is 291 g/mol. The Morgan fingerprint density at radius 1 is 1.52 bits per heavy atom. The van der Waals surface area contributed by atoms with Gasteiger partial charge in [0.2, 0.25) is 0 Å². The van der Waals surface area contributed by atoms with E-state index in [1.165, 1.54) is 6.42 Å². The molecule has 116 valence electrons. The summed E-state index contributed by atoms with van der Waals surface area (Å²) in [6.07, 6.45) is 5.28. The zero-order chi connectivity index (χ0) is 15.5. The maximum Gasteiger partial charge on any atom is 0.189 e. The summed E-state index contributed by atoms with van der Waals surface area (Å²) in [4.78, 5) is 4.16. The van der Waals surface area contributed by atoms with E-state index in [1.807, 2.05) is 12.1 Å². The average Bonchev–Trinajstić information content (AvgIpc) is 2.42. The van der Waals surface area contributed by atoms with Crippen molar-refractivity contribution in [2.75, 3.05) is 0 Å². The van der Waals surface area contributed by atoms with Gasteiger partial charge in [0, 0.05) is 11.8 Å². The number of hydrogen-bond donors (Lipinski definition) is 2. The number of nitrogens with zero attached hydrogens (tertiary/aromatic N) is 2. The van der Waals surface area contributed by atoms with Crippen LogP contribution in [-0.4, -0.2) is 22.1 Å². The first kappa shape index (κ1) is 15.8. The lowest BCUT2D eigenvalue weighted by molar-refractivity contribution is -0.0317. The highest BCUT2D eigenvalue weighted by atomic mass is 16.5. The van der Waals surface area contributed by atoms with Crippen LogP contribution in [0.4, 0.5) is 0 Å². The van der Waals surface area contributed by atoms with Crippen molar-refractivity contribution in [1.29, 1.82) is 0 Å². The Morgan fingerprint density at radius 2 is 2.29 bits per heavy atom. The number of rotatable bonds is 4. The number of pyridine rings is 1. The SMILES string of the molecule is CC1CC(OCc2cccnc2C(N)=NO)CC(C)(C)C1. The second-order valence-electron chi connectivity index (χ2n) is 6.84. The fraction of sp³-hybridized carbons (Fsp3) is 0.625. The number of ether oxygens (including phenoxy) is 1. The number of nitrogens with two attached hydrogens (primary N) is 1. The van der Waals surface area contributed by atoms with Gasteiger partial charge in [0.1, 0.15) is 5.69 Å². The number of hydrogen-bond acceptors (Lipinski definition) is 4. The zero-order valence-electron chi connectivity index (χ0n) is 13.0. The van der Waals surface area contributed by atoms with Crippen molar-refractivity contribution in [3.05, 3.63) is 29.6 Å². The molecule has 2 unspecified atom stereocenters. The first-order valence-corrected chi connectivity index (χ1v) is 7.44. The van der Waals surface area contributed by atoms with Crippen LogP contribution < -0.4 is 5.73 Å². The minimum Gasteiger partial charge on any atom is -0.409 e. The van der Waals surface area contributed by atoms with Crippen molar-refractivity contribution in [2.45, 2.75) is 52.7 Å². The van der Waals surface area contributed by atoms with Crippen LogP contribution in [0.2, 0.25) is 0 Å². The summed E-state index contributed by atoms with van der Waals surface area (Å²) in [5.74, 6) is 0.697. The number of amidine groups is 1. The second-order valence-corrected chi connectivity index (χ2v) is 6.84. The van der Waals surface area contributed by atoms with E-state index in [-0.39, 0.29) is 11.9 Å². The lowest BCUT2D eigenvalue weighted by Crippen LogP contribution is -2.32. The van der Waals surface area contributed by atoms with E-state index in [1.54, 1.807) is 6.20 Å². The normalized spacial score (nSPS) is 25.8. The third-order valence-electron chi connectivity index (χ3n) is 4.06. The Balaban J connectivity index is 2.03. The second kappa shape index (κ2) is 6.43. The molecule has 0 radical (unpaired) electrons. The molecule has 0 bridgehead atoms. The summed E-state index contributed by atoms with van der Waals surface area (Å²) in [6.45, 7) is 7.31. The molecule has 0 amide bonds. The zero-order valence-corrected chi connectivity index (χ0v) is 13.0. The molecule has 3 N–H and O–H groups in total. The number of oxime groups is 1. The van der Waals surface area contributed by atoms with E-state index < -0.39 is 0 Å². The van der Waals surface area contributed by atoms with Crippen LogP contribution in [0.1, 0.15) is 51.3 Å². The summed E-state index contributed by atoms with van der Waals surface area (Å²) in [6, 6.07) is 3.73. The van der Waals surface area contributed by atoms with Crippen molar-refractivity contribution in [3.8, 4) is 0 Å². The van der Waals surface area contributed by atoms with Crippen LogP contribution in [-0.2, 0) is 11.3 Å². The van der Waals surface area contributed by atoms with Gasteiger partial charge in [0.05, 0.1) is 12.7 Å². The highest BCUT2D eigenvalue weighted by Gasteiger charge is 2.32. The molecule has 1 aromatic rings. The van der Waals surface area contributed by atoms with Gasteiger partial charge in [0.15, 0.2) is 5.84 Å². The molecule has 5 heteroatoms. The quantitative estimate of drug-likeness (QED) is 0.387. The predicted molar refractivity (Wildman–Crippen MR) is 82.1 cm³/mol. The van der Waals surface area contributed by atoms with Gasteiger partial charge in [0.25, 0.3) is 0 Å². The van der Waals surface area contributed by atoms with Crippen molar-refractivity contribution in [3.63, 3.8) is 0 Å². The molecule has 2 rings (SSSR count). The van der Waals surface area contributed by atoms with Crippen molar-refractivity contribution in [2.24, 2.45) is 22.2 Å². The molecule has 0 aliphatic heterocycles. The standard InChI is InChI=1S/C16H25N3O2/c1-11-7-13(9-16(2,3)8-11)21-10-12-5-4-6-18-14(12)15(17)19-20/h4-6,11,13,20H,7-10H2,1-3H3,(H2,17,19). The van der Waals surface area contributed by atoms with Crippen LogP contribution in [0.3, 0.4) is 0 Å². The van der Waals surface area contributed by atoms with E-state index >= 15 is 0 Å². The molecule has 1 aliphatic rings. The van der Waals surface area contributed by atoms with Crippen molar-refractivity contribution < 1.29 is 9.94 Å². The molecule has 5 nitrogen and oxygen atoms in total. The van der Waals surface area contributed by atoms with Crippen LogP contribution in [0.25, 0.3) is 0 Å². The first-order valence-electron chi connectivity index (χ1n) is 7.44. The minimum absolute atomic E-state index is 0.0199. The predicted octanol–water partition coefficient (Wildman–Crippen LogP) is 2.91. The average molecular weight is 291 g/mol. The third-order valence-corrected chi connectivity index (χ3v) is 4.06. The van der Waals surface area contributed by atoms with E-state index in [0.29, 0.717) is 23.6 Å². The molecular formula is C16H25N3O2. The molecule has 0 spiro atoms. The van der Waals surface area contributed by atoms with Gasteiger partial charge in [-0.2, -0.15) is 0 Å². The van der Waals surface area contributed by atoms with Gasteiger partial charge in [-0.3, -0.25) is 4.98 Å². The Labute approximate surface area is 126 Å². The summed E-state index contributed by atoms with van der Waals surface area (Å²) in [5.41, 5.74) is 7.32. The summed E-state index contributed by atoms with van der Waals surface area (Å²) >= 11 is 0. The molecular weight excluding hydrogens is 266 g/mol. The smallest absolute Gasteiger partial charge is 0.189 e. The highest BCUT2D eigenvalue weighted by molar-refractivity contribution is 5.96. The van der Waals surface area contributed by atoms with Gasteiger partial charge in [-0.15, -0.1) is 0 Å². The highest BCUT2D eigenvalue weighted by Crippen LogP contribution is 2.39. The third kappa shape index (κ3) is 4.17. The van der Waals surface area contributed by atoms with Crippen molar-refractivity contribution >= 4 is 5.84 Å². The Morgan fingerprint density at radius 3 is 2.95 bits per heavy atom. The topological polar surface area (TPSA) is 80.7 Å². The van der Waals surface area contributed by atoms with Gasteiger partial charge in [-0.25, -0.2) is 0 Å². The maximum absolute atomic E-state index is 8.82. The van der Waals surface area contributed by atoms with Gasteiger partial charge >= 0.3 is 0 Å². The first-order chi connectivity index (χ1) is 9.91. The summed E-state index contributed by atoms with van der Waals surface area (Å²) < 4.78 is 6.08. The minimum atomic E-state index is 0.0199. The van der Waals surface area contributed by atoms with E-state index in [4.69, 9.17) is 15.7 Å². The van der Waals surface area contributed by atoms with Crippen LogP contribution >= 0.6 is 0 Å². The van der Waals surface area contributed by atoms with E-state index in [2.05, 4.69) is 30.9 Å². The molecule has 1 heterocycles. The van der Waals surface area contributed by atoms with Crippen LogP contribution in [0.5, 0.6) is 0 Å². The Kier molecular flexibility index (Phi) is 4.83. The fourth-order valence-corrected chi connectivity index (χ4v) is 3.43. The van der Waals surface area contributed by atoms with E-state index in [9.17, 15) is 0 Å². The van der Waals surface area contributed by atoms with Crippen molar-refractivity contribution in [1.82, 2.24) is 4.98 Å². The van der Waals surface area contributed by atoms with Gasteiger partial charge in [-0.1, -0.05) is 32.0 Å². The summed E-state index contributed by atoms with van der Waals surface area (Å²) in [7, 11) is 0. The maximum atomic E-state index is 8.82. The Hall–Kier alpha value is -1.62. The molecule has 0 aromatic carbocycles. The van der Waals surface area contributed by atoms with Crippen LogP contribution in [0, 0.1) is 11.3 Å². The molecule has 1 saturated carbocycles. The molecule has 1 aromatic heterocycles. The molecule has 1 fully saturated rings. The lowest BCUT2D eigenvalue weighted by atomic mass is 9.71. The lowest BCUT2D eigenvalue weighted by Gasteiger charge is -2.38. The molecule has 21 heavy (non-hydrogen) atoms. The summed E-state index contributed by atoms with van der Waals surface area (Å²) in [5, 5.41) is 11.8. The molecule has 0 saturated heterocycles. The largest absolute Gasteiger partial charge is 0.409 e. The number of aromatic nitrogens is 1. The Bertz CT molecular complexity index is 514. The fourth-order valence-electron chi connectivity index (χ4n) is 3.43. The van der Waals surface area contributed by atoms with Crippen LogP contribution in [0.15, 0.2) is 23.5 Å². The van der Waals surface area contributed by atoms with E-state index in [0.717, 1.165) is 18.4 Å². The molecule has 1 aliphatic carbocycles. The van der Waals surface area contributed by atoms with Gasteiger partial charge < -0.3 is 15.7 Å².